The molecule has 1 aliphatic heterocycles. The van der Waals surface area contributed by atoms with E-state index < -0.39 is 10.0 Å². The molecule has 0 unspecified atom stereocenters. The standard InChI is InChI=1S/C15H18N6O3S/c16-11-14(12-17)19-18-13-1-3-15(4-2-13)25(23,24)21-7-5-20(6-8-21)9-10-22/h1-4,18,22H,5-10H2. The molecule has 0 radical (unpaired) electrons. The van der Waals surface area contributed by atoms with E-state index in [2.05, 4.69) is 10.5 Å². The largest absolute Gasteiger partial charge is 0.395 e. The minimum Gasteiger partial charge on any atom is -0.395 e. The molecule has 0 aliphatic carbocycles. The molecule has 1 aromatic rings. The number of aliphatic hydroxyl groups is 1. The first-order chi connectivity index (χ1) is 12.0. The fourth-order valence-corrected chi connectivity index (χ4v) is 3.80. The molecule has 0 saturated carbocycles. The zero-order valence-corrected chi connectivity index (χ0v) is 14.3. The Morgan fingerprint density at radius 2 is 1.76 bits per heavy atom. The second-order valence-corrected chi connectivity index (χ2v) is 7.23. The van der Waals surface area contributed by atoms with Gasteiger partial charge in [0.05, 0.1) is 17.2 Å². The molecule has 2 N–H and O–H groups in total. The molecule has 132 valence electrons. The van der Waals surface area contributed by atoms with Crippen LogP contribution >= 0.6 is 0 Å². The topological polar surface area (TPSA) is 133 Å². The van der Waals surface area contributed by atoms with Crippen molar-refractivity contribution in [3.05, 3.63) is 24.3 Å². The van der Waals surface area contributed by atoms with Crippen LogP contribution in [0.25, 0.3) is 0 Å². The van der Waals surface area contributed by atoms with Gasteiger partial charge in [0, 0.05) is 32.7 Å². The highest BCUT2D eigenvalue weighted by Crippen LogP contribution is 2.19. The number of anilines is 1. The van der Waals surface area contributed by atoms with E-state index in [0.29, 0.717) is 38.4 Å². The van der Waals surface area contributed by atoms with Crippen molar-refractivity contribution in [2.75, 3.05) is 44.8 Å². The van der Waals surface area contributed by atoms with Crippen molar-refractivity contribution in [2.24, 2.45) is 5.10 Å². The van der Waals surface area contributed by atoms with Crippen molar-refractivity contribution in [2.45, 2.75) is 4.90 Å². The van der Waals surface area contributed by atoms with Crippen LogP contribution in [0.5, 0.6) is 0 Å². The lowest BCUT2D eigenvalue weighted by Crippen LogP contribution is -2.49. The molecular formula is C15H18N6O3S. The van der Waals surface area contributed by atoms with Crippen LogP contribution in [0.1, 0.15) is 0 Å². The number of sulfonamides is 1. The molecule has 25 heavy (non-hydrogen) atoms. The second kappa shape index (κ2) is 8.55. The number of rotatable bonds is 6. The third kappa shape index (κ3) is 4.75. The molecule has 9 nitrogen and oxygen atoms in total. The van der Waals surface area contributed by atoms with Crippen LogP contribution < -0.4 is 5.43 Å². The van der Waals surface area contributed by atoms with Crippen LogP contribution in [-0.2, 0) is 10.0 Å². The van der Waals surface area contributed by atoms with E-state index >= 15 is 0 Å². The molecule has 1 fully saturated rings. The van der Waals surface area contributed by atoms with Gasteiger partial charge < -0.3 is 5.11 Å². The zero-order valence-electron chi connectivity index (χ0n) is 13.5. The molecule has 0 aromatic heterocycles. The summed E-state index contributed by atoms with van der Waals surface area (Å²) < 4.78 is 26.7. The van der Waals surface area contributed by atoms with E-state index in [4.69, 9.17) is 15.6 Å². The number of nitriles is 2. The van der Waals surface area contributed by atoms with Crippen molar-refractivity contribution in [3.8, 4) is 12.1 Å². The third-order valence-corrected chi connectivity index (χ3v) is 5.66. The SMILES string of the molecule is N#CC(C#N)=NNc1ccc(S(=O)(=O)N2CCN(CCO)CC2)cc1. The Bertz CT molecular complexity index is 783. The average molecular weight is 362 g/mol. The van der Waals surface area contributed by atoms with Gasteiger partial charge in [-0.1, -0.05) is 0 Å². The lowest BCUT2D eigenvalue weighted by Gasteiger charge is -2.33. The summed E-state index contributed by atoms with van der Waals surface area (Å²) >= 11 is 0. The van der Waals surface area contributed by atoms with Gasteiger partial charge in [-0.15, -0.1) is 0 Å². The summed E-state index contributed by atoms with van der Waals surface area (Å²) in [5, 5.41) is 29.7. The highest BCUT2D eigenvalue weighted by atomic mass is 32.2. The Kier molecular flexibility index (Phi) is 6.44. The van der Waals surface area contributed by atoms with E-state index in [-0.39, 0.29) is 17.2 Å². The predicted molar refractivity (Wildman–Crippen MR) is 91.0 cm³/mol. The van der Waals surface area contributed by atoms with Crippen molar-refractivity contribution < 1.29 is 13.5 Å². The molecule has 1 aromatic carbocycles. The van der Waals surface area contributed by atoms with E-state index in [1.807, 2.05) is 4.90 Å². The van der Waals surface area contributed by atoms with Crippen LogP contribution in [0.4, 0.5) is 5.69 Å². The maximum absolute atomic E-state index is 12.6. The lowest BCUT2D eigenvalue weighted by atomic mass is 10.3. The molecule has 10 heteroatoms. The van der Waals surface area contributed by atoms with Gasteiger partial charge in [0.1, 0.15) is 12.1 Å². The fraction of sp³-hybridized carbons (Fsp3) is 0.400. The Hall–Kier alpha value is -2.50. The molecule has 2 rings (SSSR count). The normalized spacial score (nSPS) is 15.8. The van der Waals surface area contributed by atoms with Crippen LogP contribution in [-0.4, -0.2) is 67.8 Å². The summed E-state index contributed by atoms with van der Waals surface area (Å²) in [5.41, 5.74) is 2.67. The number of β-amino-alcohol motifs (C(OH)–C–C–N with tert-alkyl or cyclic N) is 1. The van der Waals surface area contributed by atoms with Crippen LogP contribution in [0.3, 0.4) is 0 Å². The van der Waals surface area contributed by atoms with Crippen LogP contribution in [0, 0.1) is 22.7 Å². The van der Waals surface area contributed by atoms with E-state index in [1.54, 1.807) is 12.1 Å². The van der Waals surface area contributed by atoms with Gasteiger partial charge in [-0.2, -0.15) is 19.9 Å². The van der Waals surface area contributed by atoms with Gasteiger partial charge in [-0.3, -0.25) is 10.3 Å². The number of piperazine rings is 1. The third-order valence-electron chi connectivity index (χ3n) is 3.75. The smallest absolute Gasteiger partial charge is 0.243 e. The van der Waals surface area contributed by atoms with Crippen molar-refractivity contribution in [3.63, 3.8) is 0 Å². The zero-order chi connectivity index (χ0) is 18.3. The van der Waals surface area contributed by atoms with Gasteiger partial charge in [0.2, 0.25) is 15.7 Å². The van der Waals surface area contributed by atoms with E-state index in [9.17, 15) is 8.42 Å². The summed E-state index contributed by atoms with van der Waals surface area (Å²) in [7, 11) is -3.58. The highest BCUT2D eigenvalue weighted by molar-refractivity contribution is 7.89. The Balaban J connectivity index is 2.05. The monoisotopic (exact) mass is 362 g/mol. The number of aliphatic hydroxyl groups excluding tert-OH is 1. The van der Waals surface area contributed by atoms with Gasteiger partial charge in [-0.25, -0.2) is 8.42 Å². The number of nitrogens with zero attached hydrogens (tertiary/aromatic N) is 5. The molecule has 1 heterocycles. The first-order valence-corrected chi connectivity index (χ1v) is 9.02. The van der Waals surface area contributed by atoms with Crippen molar-refractivity contribution in [1.29, 1.82) is 10.5 Å². The molecular weight excluding hydrogens is 344 g/mol. The number of benzene rings is 1. The maximum atomic E-state index is 12.6. The summed E-state index contributed by atoms with van der Waals surface area (Å²) in [6.45, 7) is 2.52. The lowest BCUT2D eigenvalue weighted by molar-refractivity contribution is 0.151. The summed E-state index contributed by atoms with van der Waals surface area (Å²) in [6.07, 6.45) is 0. The van der Waals surface area contributed by atoms with E-state index in [0.717, 1.165) is 0 Å². The number of nitrogens with one attached hydrogen (secondary N) is 1. The Morgan fingerprint density at radius 1 is 1.16 bits per heavy atom. The van der Waals surface area contributed by atoms with Gasteiger partial charge in [0.25, 0.3) is 0 Å². The molecule has 1 aliphatic rings. The summed E-state index contributed by atoms with van der Waals surface area (Å²) in [5.74, 6) is 0. The number of hydrogen-bond acceptors (Lipinski definition) is 8. The average Bonchev–Trinajstić information content (AvgIpc) is 2.64. The number of hydrazone groups is 1. The van der Waals surface area contributed by atoms with Gasteiger partial charge >= 0.3 is 0 Å². The number of hydrogen-bond donors (Lipinski definition) is 2. The first kappa shape index (κ1) is 18.8. The summed E-state index contributed by atoms with van der Waals surface area (Å²) in [6, 6.07) is 9.17. The van der Waals surface area contributed by atoms with Gasteiger partial charge in [-0.05, 0) is 24.3 Å². The van der Waals surface area contributed by atoms with Crippen LogP contribution in [0.15, 0.2) is 34.3 Å². The van der Waals surface area contributed by atoms with Gasteiger partial charge in [0.15, 0.2) is 0 Å². The fourth-order valence-electron chi connectivity index (χ4n) is 2.38. The molecule has 0 amide bonds. The second-order valence-electron chi connectivity index (χ2n) is 5.29. The van der Waals surface area contributed by atoms with Crippen molar-refractivity contribution >= 4 is 21.4 Å². The Labute approximate surface area is 146 Å². The molecule has 0 atom stereocenters. The minimum absolute atomic E-state index is 0.0585. The molecule has 0 spiro atoms. The molecule has 1 saturated heterocycles. The Morgan fingerprint density at radius 3 is 2.28 bits per heavy atom. The quantitative estimate of drug-likeness (QED) is 0.529. The first-order valence-electron chi connectivity index (χ1n) is 7.58. The minimum atomic E-state index is -3.58. The highest BCUT2D eigenvalue weighted by Gasteiger charge is 2.28. The van der Waals surface area contributed by atoms with E-state index in [1.165, 1.54) is 28.6 Å². The molecule has 0 bridgehead atoms. The van der Waals surface area contributed by atoms with Crippen LogP contribution in [0.2, 0.25) is 0 Å². The van der Waals surface area contributed by atoms with Crippen molar-refractivity contribution in [1.82, 2.24) is 9.21 Å². The summed E-state index contributed by atoms with van der Waals surface area (Å²) in [4.78, 5) is 2.18. The predicted octanol–water partition coefficient (Wildman–Crippen LogP) is -0.200. The maximum Gasteiger partial charge on any atom is 0.243 e.